The summed E-state index contributed by atoms with van der Waals surface area (Å²) in [5, 5.41) is 0. The molecule has 5 nitrogen and oxygen atoms in total. The Bertz CT molecular complexity index is 894. The molecule has 0 atom stereocenters. The number of nitrogens with one attached hydrogen (secondary N) is 2. The number of para-hydroxylation sites is 2. The fourth-order valence-corrected chi connectivity index (χ4v) is 2.22. The second-order valence-electron chi connectivity index (χ2n) is 5.04. The number of hydrazine groups is 1. The van der Waals surface area contributed by atoms with Crippen LogP contribution in [-0.4, -0.2) is 9.97 Å². The molecule has 1 aromatic heterocycles. The normalized spacial score (nSPS) is 11.6. The molecule has 0 amide bonds. The summed E-state index contributed by atoms with van der Waals surface area (Å²) in [5.41, 5.74) is 6.81. The second-order valence-corrected chi connectivity index (χ2v) is 5.04. The average molecular weight is 292 g/mol. The number of aryl methyl sites for hydroxylation is 1. The molecule has 0 aliphatic heterocycles. The Labute approximate surface area is 127 Å². The van der Waals surface area contributed by atoms with Crippen LogP contribution in [0.5, 0.6) is 0 Å². The van der Waals surface area contributed by atoms with Crippen LogP contribution in [0.25, 0.3) is 22.8 Å². The van der Waals surface area contributed by atoms with Gasteiger partial charge in [0.2, 0.25) is 0 Å². The van der Waals surface area contributed by atoms with E-state index in [4.69, 9.17) is 5.84 Å². The van der Waals surface area contributed by atoms with E-state index in [-0.39, 0.29) is 5.56 Å². The Hall–Kier alpha value is -2.92. The minimum atomic E-state index is -0.251. The highest BCUT2D eigenvalue weighted by Crippen LogP contribution is 2.15. The lowest BCUT2D eigenvalue weighted by Crippen LogP contribution is -2.21. The first-order valence-electron chi connectivity index (χ1n) is 6.92. The van der Waals surface area contributed by atoms with Gasteiger partial charge in [0.25, 0.3) is 5.56 Å². The van der Waals surface area contributed by atoms with E-state index >= 15 is 0 Å². The van der Waals surface area contributed by atoms with Crippen LogP contribution in [-0.2, 0) is 0 Å². The Morgan fingerprint density at radius 3 is 2.64 bits per heavy atom. The van der Waals surface area contributed by atoms with Crippen molar-refractivity contribution in [3.63, 3.8) is 0 Å². The quantitative estimate of drug-likeness (QED) is 0.510. The molecule has 0 bridgehead atoms. The van der Waals surface area contributed by atoms with E-state index in [1.165, 1.54) is 0 Å². The number of hydrogen-bond donors (Lipinski definition) is 3. The molecule has 3 rings (SSSR count). The van der Waals surface area contributed by atoms with Gasteiger partial charge in [-0.3, -0.25) is 10.6 Å². The highest BCUT2D eigenvalue weighted by atomic mass is 16.1. The van der Waals surface area contributed by atoms with Crippen molar-refractivity contribution in [3.05, 3.63) is 75.7 Å². The lowest BCUT2D eigenvalue weighted by Gasteiger charge is -2.07. The van der Waals surface area contributed by atoms with Crippen molar-refractivity contribution < 1.29 is 0 Å². The molecule has 2 aromatic carbocycles. The molecule has 0 saturated carbocycles. The van der Waals surface area contributed by atoms with E-state index in [2.05, 4.69) is 15.4 Å². The first-order valence-corrected chi connectivity index (χ1v) is 6.92. The topological polar surface area (TPSA) is 83.8 Å². The van der Waals surface area contributed by atoms with Crippen molar-refractivity contribution in [2.24, 2.45) is 5.84 Å². The van der Waals surface area contributed by atoms with E-state index in [9.17, 15) is 4.79 Å². The van der Waals surface area contributed by atoms with Gasteiger partial charge in [-0.05, 0) is 30.7 Å². The number of nitrogens with zero attached hydrogens (tertiary/aromatic N) is 1. The molecule has 0 unspecified atom stereocenters. The Morgan fingerprint density at radius 2 is 1.91 bits per heavy atom. The van der Waals surface area contributed by atoms with Crippen molar-refractivity contribution in [3.8, 4) is 0 Å². The maximum absolute atomic E-state index is 12.1. The summed E-state index contributed by atoms with van der Waals surface area (Å²) in [6.45, 7) is 2.01. The fourth-order valence-electron chi connectivity index (χ4n) is 2.22. The van der Waals surface area contributed by atoms with Crippen LogP contribution in [0.2, 0.25) is 0 Å². The summed E-state index contributed by atoms with van der Waals surface area (Å²) in [6, 6.07) is 15.3. The predicted molar refractivity (Wildman–Crippen MR) is 88.7 cm³/mol. The van der Waals surface area contributed by atoms with Crippen LogP contribution in [0.1, 0.15) is 16.8 Å². The van der Waals surface area contributed by atoms with Gasteiger partial charge < -0.3 is 10.4 Å². The van der Waals surface area contributed by atoms with Crippen molar-refractivity contribution in [1.29, 1.82) is 0 Å². The molecule has 0 aliphatic rings. The third-order valence-corrected chi connectivity index (χ3v) is 3.42. The lowest BCUT2D eigenvalue weighted by atomic mass is 10.1. The summed E-state index contributed by atoms with van der Waals surface area (Å²) in [7, 11) is 0. The zero-order valence-electron chi connectivity index (χ0n) is 12.1. The molecule has 4 N–H and O–H groups in total. The zero-order valence-corrected chi connectivity index (χ0v) is 12.1. The largest absolute Gasteiger partial charge is 0.323 e. The minimum Gasteiger partial charge on any atom is -0.323 e. The predicted octanol–water partition coefficient (Wildman–Crippen LogP) is 2.19. The van der Waals surface area contributed by atoms with Crippen molar-refractivity contribution in [2.45, 2.75) is 6.92 Å². The van der Waals surface area contributed by atoms with Gasteiger partial charge in [-0.25, -0.2) is 4.98 Å². The van der Waals surface area contributed by atoms with Crippen molar-refractivity contribution in [2.75, 3.05) is 0 Å². The number of rotatable bonds is 3. The molecule has 22 heavy (non-hydrogen) atoms. The molecule has 110 valence electrons. The smallest absolute Gasteiger partial charge is 0.274 e. The molecular weight excluding hydrogens is 276 g/mol. The summed E-state index contributed by atoms with van der Waals surface area (Å²) >= 11 is 0. The van der Waals surface area contributed by atoms with Gasteiger partial charge in [-0.1, -0.05) is 42.0 Å². The van der Waals surface area contributed by atoms with Crippen molar-refractivity contribution >= 4 is 22.8 Å². The minimum absolute atomic E-state index is 0.251. The second kappa shape index (κ2) is 5.83. The molecule has 3 aromatic rings. The molecule has 1 heterocycles. The van der Waals surface area contributed by atoms with Crippen molar-refractivity contribution in [1.82, 2.24) is 15.4 Å². The third kappa shape index (κ3) is 2.75. The molecule has 0 saturated heterocycles. The van der Waals surface area contributed by atoms with Crippen LogP contribution in [0.15, 0.2) is 53.3 Å². The van der Waals surface area contributed by atoms with Crippen LogP contribution >= 0.6 is 0 Å². The maximum Gasteiger partial charge on any atom is 0.274 e. The summed E-state index contributed by atoms with van der Waals surface area (Å²) in [5.74, 6) is 5.60. The maximum atomic E-state index is 12.1. The van der Waals surface area contributed by atoms with Gasteiger partial charge >= 0.3 is 0 Å². The van der Waals surface area contributed by atoms with E-state index in [1.807, 2.05) is 55.5 Å². The summed E-state index contributed by atoms with van der Waals surface area (Å²) in [4.78, 5) is 19.3. The van der Waals surface area contributed by atoms with Crippen LogP contribution in [0.3, 0.4) is 0 Å². The van der Waals surface area contributed by atoms with Crippen LogP contribution < -0.4 is 16.8 Å². The molecule has 5 heteroatoms. The van der Waals surface area contributed by atoms with Gasteiger partial charge in [0, 0.05) is 0 Å². The van der Waals surface area contributed by atoms with Gasteiger partial charge in [0.15, 0.2) is 0 Å². The van der Waals surface area contributed by atoms with Gasteiger partial charge in [0.1, 0.15) is 5.69 Å². The number of benzene rings is 2. The molecule has 0 radical (unpaired) electrons. The zero-order chi connectivity index (χ0) is 15.5. The first kappa shape index (κ1) is 14.0. The Kier molecular flexibility index (Phi) is 3.72. The Balaban J connectivity index is 2.10. The number of fused-ring (bicyclic) bond motifs is 1. The van der Waals surface area contributed by atoms with E-state index in [1.54, 1.807) is 6.08 Å². The SMILES string of the molecule is Cc1ccc(/C(=C\c2nc3ccccc3[nH]c2=O)NN)cc1. The number of hydrogen-bond acceptors (Lipinski definition) is 4. The number of aromatic amines is 1. The molecular formula is C17H16N4O. The van der Waals surface area contributed by atoms with Crippen LogP contribution in [0, 0.1) is 6.92 Å². The number of nitrogens with two attached hydrogens (primary N) is 1. The van der Waals surface area contributed by atoms with Gasteiger partial charge in [-0.15, -0.1) is 0 Å². The van der Waals surface area contributed by atoms with Crippen LogP contribution in [0.4, 0.5) is 0 Å². The monoisotopic (exact) mass is 292 g/mol. The number of aromatic nitrogens is 2. The van der Waals surface area contributed by atoms with E-state index in [0.29, 0.717) is 16.9 Å². The number of H-pyrrole nitrogens is 1. The highest BCUT2D eigenvalue weighted by Gasteiger charge is 2.05. The highest BCUT2D eigenvalue weighted by molar-refractivity contribution is 5.81. The average Bonchev–Trinajstić information content (AvgIpc) is 2.54. The first-order chi connectivity index (χ1) is 10.7. The summed E-state index contributed by atoms with van der Waals surface area (Å²) < 4.78 is 0. The Morgan fingerprint density at radius 1 is 1.18 bits per heavy atom. The molecule has 0 spiro atoms. The summed E-state index contributed by atoms with van der Waals surface area (Å²) in [6.07, 6.45) is 1.65. The van der Waals surface area contributed by atoms with Gasteiger partial charge in [-0.2, -0.15) is 0 Å². The van der Waals surface area contributed by atoms with E-state index < -0.39 is 0 Å². The fraction of sp³-hybridized carbons (Fsp3) is 0.0588. The van der Waals surface area contributed by atoms with Gasteiger partial charge in [0.05, 0.1) is 16.7 Å². The molecule has 0 aliphatic carbocycles. The lowest BCUT2D eigenvalue weighted by molar-refractivity contribution is 0.995. The van der Waals surface area contributed by atoms with E-state index in [0.717, 1.165) is 16.6 Å². The molecule has 0 fully saturated rings. The standard InChI is InChI=1S/C17H16N4O/c1-11-6-8-12(9-7-11)15(21-18)10-16-17(22)20-14-5-3-2-4-13(14)19-16/h2-10,21H,18H2,1H3,(H,20,22)/b15-10+. The third-order valence-electron chi connectivity index (χ3n) is 3.42.